The van der Waals surface area contributed by atoms with Gasteiger partial charge in [0.2, 0.25) is 5.91 Å². The number of Topliss-reactive ketones (excluding diaryl/α,β-unsaturated/α-hetero) is 1. The highest BCUT2D eigenvalue weighted by molar-refractivity contribution is 6.30. The molecule has 7 heteroatoms. The lowest BCUT2D eigenvalue weighted by molar-refractivity contribution is -0.118. The van der Waals surface area contributed by atoms with E-state index in [1.807, 2.05) is 20.8 Å². The van der Waals surface area contributed by atoms with Gasteiger partial charge >= 0.3 is 0 Å². The highest BCUT2D eigenvalue weighted by Gasteiger charge is 2.35. The number of benzene rings is 1. The number of anilines is 1. The van der Waals surface area contributed by atoms with Crippen LogP contribution in [0.2, 0.25) is 5.02 Å². The smallest absolute Gasteiger partial charge is 0.268 e. The monoisotopic (exact) mass is 443 g/mol. The fourth-order valence-corrected chi connectivity index (χ4v) is 4.35. The molecule has 31 heavy (non-hydrogen) atoms. The van der Waals surface area contributed by atoms with Crippen LogP contribution in [-0.4, -0.2) is 28.6 Å². The summed E-state index contributed by atoms with van der Waals surface area (Å²) in [6.07, 6.45) is 3.37. The number of amides is 2. The largest absolute Gasteiger partial charge is 0.354 e. The number of unbranched alkanes of at least 4 members (excludes halogenated alkanes) is 1. The Hall–Kier alpha value is -2.60. The zero-order chi connectivity index (χ0) is 22.8. The maximum Gasteiger partial charge on any atom is 0.268 e. The molecule has 1 aliphatic rings. The molecule has 3 rings (SSSR count). The molecule has 0 aliphatic heterocycles. The zero-order valence-corrected chi connectivity index (χ0v) is 19.3. The molecular weight excluding hydrogens is 414 g/mol. The van der Waals surface area contributed by atoms with Gasteiger partial charge in [-0.15, -0.1) is 0 Å². The molecule has 1 atom stereocenters. The van der Waals surface area contributed by atoms with Gasteiger partial charge in [0.25, 0.3) is 5.91 Å². The Kier molecular flexibility index (Phi) is 6.90. The fraction of sp³-hybridized carbons (Fsp3) is 0.458. The Morgan fingerprint density at radius 1 is 1.26 bits per heavy atom. The van der Waals surface area contributed by atoms with E-state index in [2.05, 4.69) is 15.6 Å². The van der Waals surface area contributed by atoms with E-state index in [4.69, 9.17) is 11.6 Å². The Morgan fingerprint density at radius 2 is 2.00 bits per heavy atom. The standard InChI is InChI=1S/C24H30ClN3O3/c1-5-6-10-17(22(30)26-16-9-7-8-15(25)11-16)28-23(31)21-14(2)20-18(27-21)12-24(3,4)13-19(20)29/h7-9,11,17,27H,5-6,10,12-13H2,1-4H3,(H,26,30)(H,28,31). The van der Waals surface area contributed by atoms with Crippen LogP contribution in [0.4, 0.5) is 5.69 Å². The first kappa shape index (κ1) is 23.1. The normalized spacial score (nSPS) is 15.8. The Labute approximate surface area is 188 Å². The molecule has 0 saturated heterocycles. The van der Waals surface area contributed by atoms with Crippen molar-refractivity contribution in [2.45, 2.75) is 65.8 Å². The van der Waals surface area contributed by atoms with Crippen LogP contribution in [0.3, 0.4) is 0 Å². The van der Waals surface area contributed by atoms with Crippen LogP contribution in [0, 0.1) is 12.3 Å². The number of carbonyl (C=O) groups excluding carboxylic acids is 3. The number of H-pyrrole nitrogens is 1. The van der Waals surface area contributed by atoms with Crippen molar-refractivity contribution in [1.29, 1.82) is 0 Å². The van der Waals surface area contributed by atoms with E-state index in [0.29, 0.717) is 46.8 Å². The van der Waals surface area contributed by atoms with Crippen LogP contribution in [0.25, 0.3) is 0 Å². The topological polar surface area (TPSA) is 91.1 Å². The van der Waals surface area contributed by atoms with Crippen molar-refractivity contribution in [3.05, 3.63) is 51.8 Å². The molecule has 2 aromatic rings. The van der Waals surface area contributed by atoms with Gasteiger partial charge in [-0.3, -0.25) is 14.4 Å². The average Bonchev–Trinajstić information content (AvgIpc) is 3.00. The van der Waals surface area contributed by atoms with E-state index in [1.54, 1.807) is 31.2 Å². The van der Waals surface area contributed by atoms with Crippen molar-refractivity contribution in [2.75, 3.05) is 5.32 Å². The van der Waals surface area contributed by atoms with Gasteiger partial charge in [-0.1, -0.05) is 51.3 Å². The lowest BCUT2D eigenvalue weighted by Gasteiger charge is -2.28. The first-order valence-corrected chi connectivity index (χ1v) is 11.1. The van der Waals surface area contributed by atoms with E-state index in [9.17, 15) is 14.4 Å². The molecule has 6 nitrogen and oxygen atoms in total. The molecule has 0 radical (unpaired) electrons. The summed E-state index contributed by atoms with van der Waals surface area (Å²) in [7, 11) is 0. The fourth-order valence-electron chi connectivity index (χ4n) is 4.16. The molecule has 1 aromatic carbocycles. The molecule has 3 N–H and O–H groups in total. The van der Waals surface area contributed by atoms with Crippen molar-refractivity contribution in [1.82, 2.24) is 10.3 Å². The summed E-state index contributed by atoms with van der Waals surface area (Å²) < 4.78 is 0. The predicted molar refractivity (Wildman–Crippen MR) is 123 cm³/mol. The third-order valence-electron chi connectivity index (χ3n) is 5.69. The summed E-state index contributed by atoms with van der Waals surface area (Å²) in [5.41, 5.74) is 2.86. The van der Waals surface area contributed by atoms with Crippen LogP contribution < -0.4 is 10.6 Å². The summed E-state index contributed by atoms with van der Waals surface area (Å²) >= 11 is 6.00. The summed E-state index contributed by atoms with van der Waals surface area (Å²) in [5.74, 6) is -0.615. The summed E-state index contributed by atoms with van der Waals surface area (Å²) in [6, 6.07) is 6.20. The van der Waals surface area contributed by atoms with Crippen LogP contribution in [0.15, 0.2) is 24.3 Å². The van der Waals surface area contributed by atoms with E-state index in [1.165, 1.54) is 0 Å². The van der Waals surface area contributed by atoms with Gasteiger partial charge in [-0.05, 0) is 48.9 Å². The quantitative estimate of drug-likeness (QED) is 0.558. The van der Waals surface area contributed by atoms with Gasteiger partial charge in [0, 0.05) is 28.4 Å². The van der Waals surface area contributed by atoms with Crippen LogP contribution in [-0.2, 0) is 11.2 Å². The van der Waals surface area contributed by atoms with Crippen molar-refractivity contribution in [3.63, 3.8) is 0 Å². The average molecular weight is 444 g/mol. The number of ketones is 1. The van der Waals surface area contributed by atoms with Crippen LogP contribution in [0.5, 0.6) is 0 Å². The minimum absolute atomic E-state index is 0.0558. The second-order valence-corrected chi connectivity index (χ2v) is 9.52. The van der Waals surface area contributed by atoms with E-state index < -0.39 is 6.04 Å². The van der Waals surface area contributed by atoms with Gasteiger partial charge in [0.15, 0.2) is 5.78 Å². The second-order valence-electron chi connectivity index (χ2n) is 9.09. The SMILES string of the molecule is CCCCC(NC(=O)c1[nH]c2c(c1C)C(=O)CC(C)(C)C2)C(=O)Nc1cccc(Cl)c1. The minimum atomic E-state index is -0.696. The summed E-state index contributed by atoms with van der Waals surface area (Å²) in [6.45, 7) is 7.91. The van der Waals surface area contributed by atoms with Gasteiger partial charge < -0.3 is 15.6 Å². The third kappa shape index (κ3) is 5.37. The Morgan fingerprint density at radius 3 is 2.68 bits per heavy atom. The highest BCUT2D eigenvalue weighted by Crippen LogP contribution is 2.36. The number of halogens is 1. The molecule has 1 unspecified atom stereocenters. The second kappa shape index (κ2) is 9.27. The maximum atomic E-state index is 13.1. The first-order chi connectivity index (χ1) is 14.6. The van der Waals surface area contributed by atoms with Gasteiger partial charge in [-0.2, -0.15) is 0 Å². The lowest BCUT2D eigenvalue weighted by atomic mass is 9.75. The van der Waals surface area contributed by atoms with Crippen molar-refractivity contribution < 1.29 is 14.4 Å². The summed E-state index contributed by atoms with van der Waals surface area (Å²) in [5, 5.41) is 6.21. The zero-order valence-electron chi connectivity index (χ0n) is 18.5. The number of aromatic amines is 1. The molecular formula is C24H30ClN3O3. The molecule has 1 heterocycles. The Bertz CT molecular complexity index is 1010. The lowest BCUT2D eigenvalue weighted by Crippen LogP contribution is -2.44. The number of aromatic nitrogens is 1. The maximum absolute atomic E-state index is 13.1. The van der Waals surface area contributed by atoms with Gasteiger partial charge in [0.1, 0.15) is 11.7 Å². The first-order valence-electron chi connectivity index (χ1n) is 10.7. The number of fused-ring (bicyclic) bond motifs is 1. The van der Waals surface area contributed by atoms with E-state index in [0.717, 1.165) is 18.5 Å². The Balaban J connectivity index is 1.80. The molecule has 0 saturated carbocycles. The van der Waals surface area contributed by atoms with E-state index >= 15 is 0 Å². The molecule has 166 valence electrons. The van der Waals surface area contributed by atoms with Gasteiger partial charge in [0.05, 0.1) is 0 Å². The highest BCUT2D eigenvalue weighted by atomic mass is 35.5. The van der Waals surface area contributed by atoms with Gasteiger partial charge in [-0.25, -0.2) is 0 Å². The summed E-state index contributed by atoms with van der Waals surface area (Å²) in [4.78, 5) is 41.8. The predicted octanol–water partition coefficient (Wildman–Crippen LogP) is 5.06. The molecule has 0 spiro atoms. The number of hydrogen-bond acceptors (Lipinski definition) is 3. The number of carbonyl (C=O) groups is 3. The third-order valence-corrected chi connectivity index (χ3v) is 5.92. The molecule has 1 aliphatic carbocycles. The molecule has 0 fully saturated rings. The number of rotatable bonds is 7. The number of nitrogens with one attached hydrogen (secondary N) is 3. The molecule has 2 amide bonds. The minimum Gasteiger partial charge on any atom is -0.354 e. The van der Waals surface area contributed by atoms with Crippen LogP contribution >= 0.6 is 11.6 Å². The van der Waals surface area contributed by atoms with Crippen molar-refractivity contribution in [2.24, 2.45) is 5.41 Å². The van der Waals surface area contributed by atoms with Crippen molar-refractivity contribution in [3.8, 4) is 0 Å². The van der Waals surface area contributed by atoms with E-state index in [-0.39, 0.29) is 23.0 Å². The van der Waals surface area contributed by atoms with Crippen LogP contribution in [0.1, 0.15) is 78.6 Å². The molecule has 0 bridgehead atoms. The number of hydrogen-bond donors (Lipinski definition) is 3. The van der Waals surface area contributed by atoms with Crippen molar-refractivity contribution >= 4 is 34.9 Å². The molecule has 1 aromatic heterocycles.